The number of methoxy groups -OCH3 is 2. The van der Waals surface area contributed by atoms with E-state index in [4.69, 9.17) is 14.2 Å². The third kappa shape index (κ3) is 23.8. The average molecular weight is 1220 g/mol. The van der Waals surface area contributed by atoms with Crippen molar-refractivity contribution in [2.24, 2.45) is 5.92 Å². The van der Waals surface area contributed by atoms with Gasteiger partial charge in [0.25, 0.3) is 23.6 Å². The highest BCUT2D eigenvalue weighted by molar-refractivity contribution is 7.90. The van der Waals surface area contributed by atoms with Crippen LogP contribution in [0.1, 0.15) is 213 Å². The van der Waals surface area contributed by atoms with E-state index in [0.29, 0.717) is 102 Å². The van der Waals surface area contributed by atoms with Gasteiger partial charge >= 0.3 is 0 Å². The van der Waals surface area contributed by atoms with Crippen molar-refractivity contribution in [3.8, 4) is 11.8 Å². The SMILES string of the molecule is CC(C)c1cncc(CS(=O)(=O)c2ccc(F)cc2F)c1.CCCNC(=O)c1cncc(C(C)C)c1.CCNC(=O)c1cncc(C(C)C)c1.COc1ncc(C(C)C)cc1C(=O)NC1CCOC1.COc1ncc(C(C)C)cc1C(=O)NCC1CC1. The number of benzene rings is 1. The zero-order valence-electron chi connectivity index (χ0n) is 52.9. The lowest BCUT2D eigenvalue weighted by molar-refractivity contribution is 0.0921. The topological polar surface area (TPSA) is 243 Å². The minimum Gasteiger partial charge on any atom is -0.480 e. The van der Waals surface area contributed by atoms with E-state index in [-0.39, 0.29) is 41.3 Å². The number of hydrogen-bond donors (Lipinski definition) is 4. The van der Waals surface area contributed by atoms with Crippen LogP contribution in [0.3, 0.4) is 0 Å². The molecule has 0 spiro atoms. The largest absolute Gasteiger partial charge is 0.480 e. The minimum absolute atomic E-state index is 0.0353. The highest BCUT2D eigenvalue weighted by Gasteiger charge is 2.25. The summed E-state index contributed by atoms with van der Waals surface area (Å²) in [6.45, 7) is 27.9. The molecule has 1 saturated carbocycles. The van der Waals surface area contributed by atoms with E-state index >= 15 is 0 Å². The normalized spacial score (nSPS) is 13.4. The summed E-state index contributed by atoms with van der Waals surface area (Å²) in [5, 5.41) is 11.5. The Labute approximate surface area is 513 Å². The van der Waals surface area contributed by atoms with Crippen LogP contribution in [0.2, 0.25) is 0 Å². The van der Waals surface area contributed by atoms with Gasteiger partial charge in [-0.1, -0.05) is 82.2 Å². The van der Waals surface area contributed by atoms with Gasteiger partial charge in [-0.25, -0.2) is 27.2 Å². The van der Waals surface area contributed by atoms with Crippen LogP contribution in [0.15, 0.2) is 103 Å². The van der Waals surface area contributed by atoms with E-state index in [2.05, 4.69) is 102 Å². The van der Waals surface area contributed by atoms with E-state index in [1.54, 1.807) is 49.4 Å². The highest BCUT2D eigenvalue weighted by Crippen LogP contribution is 2.29. The predicted molar refractivity (Wildman–Crippen MR) is 334 cm³/mol. The van der Waals surface area contributed by atoms with Crippen LogP contribution in [0, 0.1) is 17.6 Å². The van der Waals surface area contributed by atoms with Gasteiger partial charge in [0, 0.05) is 81.9 Å². The number of ether oxygens (including phenoxy) is 3. The number of pyridine rings is 5. The Hall–Kier alpha value is -7.78. The second kappa shape index (κ2) is 35.8. The van der Waals surface area contributed by atoms with Gasteiger partial charge in [-0.3, -0.25) is 34.1 Å². The lowest BCUT2D eigenvalue weighted by Crippen LogP contribution is -2.35. The van der Waals surface area contributed by atoms with Crippen molar-refractivity contribution >= 4 is 33.5 Å². The smallest absolute Gasteiger partial charge is 0.257 e. The third-order valence-electron chi connectivity index (χ3n) is 13.8. The molecule has 2 aliphatic rings. The first kappa shape index (κ1) is 71.7. The van der Waals surface area contributed by atoms with Gasteiger partial charge in [0.1, 0.15) is 27.7 Å². The van der Waals surface area contributed by atoms with Gasteiger partial charge in [-0.2, -0.15) is 0 Å². The van der Waals surface area contributed by atoms with Crippen molar-refractivity contribution in [1.82, 2.24) is 46.2 Å². The van der Waals surface area contributed by atoms with E-state index in [9.17, 15) is 36.4 Å². The van der Waals surface area contributed by atoms with Crippen LogP contribution in [0.5, 0.6) is 11.8 Å². The van der Waals surface area contributed by atoms with E-state index in [1.807, 2.05) is 52.0 Å². The summed E-state index contributed by atoms with van der Waals surface area (Å²) in [5.74, 6) is 0.510. The summed E-state index contributed by atoms with van der Waals surface area (Å²) in [4.78, 5) is 67.5. The number of aromatic nitrogens is 5. The lowest BCUT2D eigenvalue weighted by Gasteiger charge is -2.14. The molecule has 1 unspecified atom stereocenters. The van der Waals surface area contributed by atoms with Gasteiger partial charge in [0.15, 0.2) is 9.84 Å². The van der Waals surface area contributed by atoms with Crippen molar-refractivity contribution in [1.29, 1.82) is 0 Å². The number of nitrogens with zero attached hydrogens (tertiary/aromatic N) is 5. The molecule has 1 atom stereocenters. The van der Waals surface area contributed by atoms with Crippen molar-refractivity contribution in [3.63, 3.8) is 0 Å². The number of nitrogens with one attached hydrogen (secondary N) is 4. The molecule has 0 bridgehead atoms. The standard InChI is InChI=1S/C15H15F2NO2S.C14H20N2O3.C14H20N2O2.C12H18N2O.C11H16N2O/c1-10(2)12-5-11(7-18-8-12)9-21(19,20)15-4-3-13(16)6-14(15)17;1-9(2)10-6-12(14(18-3)15-7-10)13(17)16-11-4-5-19-8-11;1-9(2)11-6-12(14(18-3)16-8-11)13(17)15-7-10-4-5-10;1-4-5-14-12(15)11-6-10(9(2)3)7-13-8-11;1-4-13-11(14)10-5-9(8(2)3)6-12-7-10/h3-8,10H,9H2,1-2H3;6-7,9,11H,4-5,8H2,1-3H3,(H,16,17);6,8-10H,4-5,7H2,1-3H3,(H,15,17);6-9H,4-5H2,1-3H3,(H,14,15);5-8H,4H2,1-3H3,(H,13,14). The van der Waals surface area contributed by atoms with Crippen LogP contribution in [0.25, 0.3) is 0 Å². The molecule has 2 fully saturated rings. The summed E-state index contributed by atoms with van der Waals surface area (Å²) in [7, 11) is -0.827. The summed E-state index contributed by atoms with van der Waals surface area (Å²) < 4.78 is 66.5. The van der Waals surface area contributed by atoms with E-state index in [0.717, 1.165) is 59.3 Å². The second-order valence-corrected chi connectivity index (χ2v) is 24.7. The van der Waals surface area contributed by atoms with Gasteiger partial charge in [0.05, 0.1) is 43.7 Å². The Morgan fingerprint density at radius 1 is 0.586 bits per heavy atom. The molecule has 21 heteroatoms. The Bertz CT molecular complexity index is 3300. The number of sulfone groups is 1. The number of rotatable bonds is 20. The van der Waals surface area contributed by atoms with Crippen molar-refractivity contribution < 1.29 is 50.6 Å². The van der Waals surface area contributed by atoms with Crippen LogP contribution in [-0.2, 0) is 20.3 Å². The summed E-state index contributed by atoms with van der Waals surface area (Å²) >= 11 is 0. The summed E-state index contributed by atoms with van der Waals surface area (Å²) in [6, 6.07) is 11.8. The van der Waals surface area contributed by atoms with Crippen molar-refractivity contribution in [2.45, 2.75) is 155 Å². The van der Waals surface area contributed by atoms with Crippen LogP contribution in [-0.4, -0.2) is 110 Å². The van der Waals surface area contributed by atoms with E-state index in [1.165, 1.54) is 33.3 Å². The molecule has 1 aliphatic carbocycles. The molecule has 18 nitrogen and oxygen atoms in total. The molecular formula is C66H89F2N9O9S. The Kier molecular flexibility index (Phi) is 29.5. The van der Waals surface area contributed by atoms with Crippen LogP contribution >= 0.6 is 0 Å². The molecule has 4 amide bonds. The zero-order chi connectivity index (χ0) is 64.4. The van der Waals surface area contributed by atoms with E-state index < -0.39 is 26.4 Å². The molecule has 6 heterocycles. The zero-order valence-corrected chi connectivity index (χ0v) is 53.7. The van der Waals surface area contributed by atoms with Gasteiger partial charge in [0.2, 0.25) is 11.8 Å². The summed E-state index contributed by atoms with van der Waals surface area (Å²) in [5.41, 5.74) is 7.94. The third-order valence-corrected chi connectivity index (χ3v) is 15.5. The average Bonchev–Trinajstić information content (AvgIpc) is 4.32. The Balaban J connectivity index is 0.000000235. The summed E-state index contributed by atoms with van der Waals surface area (Å²) in [6.07, 6.45) is 17.7. The first-order chi connectivity index (χ1) is 41.3. The fourth-order valence-corrected chi connectivity index (χ4v) is 9.49. The number of halogens is 2. The number of hydrogen-bond acceptors (Lipinski definition) is 14. The van der Waals surface area contributed by atoms with Gasteiger partial charge in [-0.05, 0) is 138 Å². The Morgan fingerprint density at radius 3 is 1.52 bits per heavy atom. The van der Waals surface area contributed by atoms with Crippen LogP contribution < -0.4 is 30.7 Å². The number of amides is 4. The molecule has 87 heavy (non-hydrogen) atoms. The quantitative estimate of drug-likeness (QED) is 0.0520. The molecular weight excluding hydrogens is 1130 g/mol. The van der Waals surface area contributed by atoms with Crippen molar-refractivity contribution in [3.05, 3.63) is 165 Å². The fourth-order valence-electron chi connectivity index (χ4n) is 8.11. The first-order valence-corrected chi connectivity index (χ1v) is 31.3. The molecule has 1 aliphatic heterocycles. The molecule has 0 radical (unpaired) electrons. The molecule has 6 aromatic rings. The molecule has 1 saturated heterocycles. The molecule has 5 aromatic heterocycles. The Morgan fingerprint density at radius 2 is 1.07 bits per heavy atom. The maximum absolute atomic E-state index is 13.6. The van der Waals surface area contributed by atoms with Gasteiger partial charge < -0.3 is 35.5 Å². The molecule has 472 valence electrons. The predicted octanol–water partition coefficient (Wildman–Crippen LogP) is 11.8. The van der Waals surface area contributed by atoms with Crippen molar-refractivity contribution in [2.75, 3.05) is 47.1 Å². The fraction of sp³-hybridized carbons (Fsp3) is 0.470. The maximum atomic E-state index is 13.6. The van der Waals surface area contributed by atoms with Gasteiger partial charge in [-0.15, -0.1) is 0 Å². The maximum Gasteiger partial charge on any atom is 0.257 e. The lowest BCUT2D eigenvalue weighted by atomic mass is 10.0. The first-order valence-electron chi connectivity index (χ1n) is 29.6. The molecule has 8 rings (SSSR count). The highest BCUT2D eigenvalue weighted by atomic mass is 32.2. The number of carbonyl (C=O) groups is 4. The second-order valence-electron chi connectivity index (χ2n) is 22.7. The molecule has 1 aromatic carbocycles. The molecule has 4 N–H and O–H groups in total. The van der Waals surface area contributed by atoms with Crippen LogP contribution in [0.4, 0.5) is 8.78 Å². The monoisotopic (exact) mass is 1220 g/mol. The number of carbonyl (C=O) groups excluding carboxylic acids is 4. The minimum atomic E-state index is -3.88.